The van der Waals surface area contributed by atoms with Crippen LogP contribution in [-0.2, 0) is 62.3 Å². The van der Waals surface area contributed by atoms with Crippen molar-refractivity contribution in [2.45, 2.75) is 294 Å². The molecule has 12 atom stereocenters. The summed E-state index contributed by atoms with van der Waals surface area (Å²) in [5.74, 6) is -12.8. The number of hydrogen-bond acceptors (Lipinski definition) is 14. The summed E-state index contributed by atoms with van der Waals surface area (Å²) in [6, 6.07) is -12.0. The second-order valence-electron chi connectivity index (χ2n) is 31.6. The number of nitrogens with one attached hydrogen (secondary N) is 4. The molecule has 5 N–H and O–H groups in total. The summed E-state index contributed by atoms with van der Waals surface area (Å²) in [4.78, 5) is 187. The van der Waals surface area contributed by atoms with E-state index in [1.165, 1.54) is 102 Å². The molecule has 0 aliphatic carbocycles. The van der Waals surface area contributed by atoms with Gasteiger partial charge < -0.3 is 60.5 Å². The van der Waals surface area contributed by atoms with Crippen molar-refractivity contribution < 1.29 is 67.4 Å². The van der Waals surface area contributed by atoms with Gasteiger partial charge in [-0.3, -0.25) is 62.4 Å². The van der Waals surface area contributed by atoms with Gasteiger partial charge in [0.25, 0.3) is 11.6 Å². The SMILES string of the molecule is C/C=C/C[C@@H](C)[C@@H](O)[C@H]1C(=O)N[C@@H](CC)C(=O)N(C)CC(=O)N(C)[C@@H](CC(C)C)C(=O)N[C@@H](C(C)C)C(=O)N(C)[C@@H](CC(C)C)C(=O)N[C@@H](C)C(=O)N[C@H](C)C(=O)N(C)[C@@H](CC(C)C)C(=O)N(C)[C@@H](CC(C)C)C(=O)N(C)[C@](OC(=O)CCC/C=C\C/C=C\C/C=C\C/C=C\CCCCC)(C(C)C)C(=O)N1C. The molecule has 0 aromatic carbocycles. The van der Waals surface area contributed by atoms with Crippen molar-refractivity contribution in [2.75, 3.05) is 55.9 Å². The first-order chi connectivity index (χ1) is 50.0. The van der Waals surface area contributed by atoms with Crippen molar-refractivity contribution in [2.24, 2.45) is 41.4 Å². The minimum Gasteiger partial charge on any atom is -0.429 e. The smallest absolute Gasteiger partial charge is 0.308 e. The minimum absolute atomic E-state index is 0.0163. The summed E-state index contributed by atoms with van der Waals surface area (Å²) in [5.41, 5.74) is -2.62. The highest BCUT2D eigenvalue weighted by Gasteiger charge is 2.57. The molecular weight excluding hydrogens is 1360 g/mol. The maximum atomic E-state index is 16.3. The molecule has 1 heterocycles. The van der Waals surface area contributed by atoms with Crippen LogP contribution in [0.15, 0.2) is 60.8 Å². The lowest BCUT2D eigenvalue weighted by atomic mass is 9.89. The van der Waals surface area contributed by atoms with Crippen molar-refractivity contribution in [1.82, 2.24) is 55.6 Å². The molecule has 1 aliphatic rings. The van der Waals surface area contributed by atoms with Crippen LogP contribution in [0.3, 0.4) is 0 Å². The molecule has 11 amide bonds. The lowest BCUT2D eigenvalue weighted by molar-refractivity contribution is -0.211. The number of nitrogens with zero attached hydrogens (tertiary/aromatic N) is 7. The molecule has 1 rings (SSSR count). The van der Waals surface area contributed by atoms with Gasteiger partial charge in [0.2, 0.25) is 59.1 Å². The first-order valence-electron chi connectivity index (χ1n) is 39.2. The molecule has 25 nitrogen and oxygen atoms in total. The molecule has 0 spiro atoms. The number of unbranched alkanes of at least 4 members (excludes halogenated alkanes) is 4. The number of allylic oxidation sites excluding steroid dienone is 10. The van der Waals surface area contributed by atoms with Crippen LogP contribution in [0.5, 0.6) is 0 Å². The molecule has 0 aromatic heterocycles. The van der Waals surface area contributed by atoms with Crippen molar-refractivity contribution in [3.8, 4) is 0 Å². The predicted molar refractivity (Wildman–Crippen MR) is 422 cm³/mol. The highest BCUT2D eigenvalue weighted by Crippen LogP contribution is 2.34. The van der Waals surface area contributed by atoms with Crippen LogP contribution in [0.1, 0.15) is 227 Å². The van der Waals surface area contributed by atoms with Crippen LogP contribution in [0.25, 0.3) is 0 Å². The van der Waals surface area contributed by atoms with Crippen LogP contribution in [-0.4, -0.2) is 232 Å². The van der Waals surface area contributed by atoms with Gasteiger partial charge in [0, 0.05) is 61.7 Å². The zero-order chi connectivity index (χ0) is 81.9. The topological polar surface area (TPSA) is 305 Å². The van der Waals surface area contributed by atoms with Crippen LogP contribution < -0.4 is 21.3 Å². The standard InChI is InChI=1S/C82H141N11O14/c1-26-29-31-32-33-34-35-36-37-38-39-40-41-42-43-44-45-47-68(95)107-82(58(14)15)81(106)92(24)70(71(96)59(16)46-30-27-2)75(100)85-62(28-3)77(102)87(19)52-67(94)88(20)63(48-53(4)5)74(99)86-69(57(12)13)80(105)89(21)64(49-54(6)7)73(98)83-60(17)72(97)84-61(18)76(101)90(22)65(50-55(8)9)78(103)91(23)66(51-56(10)11)79(104)93(82)25/h27,30,33-34,36-37,39-40,42-43,53-66,69-71,96H,26,28-29,31-32,35,38,41,44-52H2,1-25H3,(H,83,98)(H,84,97)(H,85,100)(H,86,99)/b30-27+,34-33-,37-36-,40-39-,43-42-/t59-,60+,61-,62+,63+,64+,65+,66+,69+,70+,71-,82+/m1/s1. The Balaban J connectivity index is 4.48. The Bertz CT molecular complexity index is 3030. The summed E-state index contributed by atoms with van der Waals surface area (Å²) < 4.78 is 6.49. The Morgan fingerprint density at radius 3 is 1.43 bits per heavy atom. The highest BCUT2D eigenvalue weighted by molar-refractivity contribution is 6.00. The third kappa shape index (κ3) is 30.7. The van der Waals surface area contributed by atoms with Crippen molar-refractivity contribution in [1.29, 1.82) is 0 Å². The molecule has 0 unspecified atom stereocenters. The third-order valence-corrected chi connectivity index (χ3v) is 19.8. The summed E-state index contributed by atoms with van der Waals surface area (Å²) in [5, 5.41) is 23.6. The van der Waals surface area contributed by atoms with Crippen LogP contribution in [0.4, 0.5) is 0 Å². The van der Waals surface area contributed by atoms with Crippen LogP contribution in [0.2, 0.25) is 0 Å². The van der Waals surface area contributed by atoms with Crippen molar-refractivity contribution in [3.63, 3.8) is 0 Å². The van der Waals surface area contributed by atoms with E-state index in [0.29, 0.717) is 12.8 Å². The zero-order valence-corrected chi connectivity index (χ0v) is 70.0. The molecule has 0 bridgehead atoms. The third-order valence-electron chi connectivity index (χ3n) is 19.8. The number of amides is 11. The van der Waals surface area contributed by atoms with Gasteiger partial charge in [0.1, 0.15) is 54.4 Å². The molecular formula is C82H141N11O14. The van der Waals surface area contributed by atoms with E-state index in [4.69, 9.17) is 4.74 Å². The fourth-order valence-corrected chi connectivity index (χ4v) is 13.0. The Labute approximate surface area is 642 Å². The quantitative estimate of drug-likeness (QED) is 0.0254. The molecule has 1 fully saturated rings. The minimum atomic E-state index is -2.62. The number of esters is 1. The van der Waals surface area contributed by atoms with E-state index in [0.717, 1.165) is 34.0 Å². The Morgan fingerprint density at radius 1 is 0.505 bits per heavy atom. The van der Waals surface area contributed by atoms with Gasteiger partial charge in [-0.15, -0.1) is 0 Å². The molecule has 0 saturated carbocycles. The molecule has 107 heavy (non-hydrogen) atoms. The van der Waals surface area contributed by atoms with E-state index in [2.05, 4.69) is 64.6 Å². The Hall–Kier alpha value is -7.70. The van der Waals surface area contributed by atoms with Crippen molar-refractivity contribution >= 4 is 70.9 Å². The van der Waals surface area contributed by atoms with Gasteiger partial charge >= 0.3 is 5.97 Å². The molecule has 1 aliphatic heterocycles. The number of carbonyl (C=O) groups is 12. The predicted octanol–water partition coefficient (Wildman–Crippen LogP) is 9.29. The fraction of sp³-hybridized carbons (Fsp3) is 0.732. The Morgan fingerprint density at radius 2 is 0.953 bits per heavy atom. The van der Waals surface area contributed by atoms with Gasteiger partial charge in [-0.2, -0.15) is 0 Å². The zero-order valence-electron chi connectivity index (χ0n) is 70.0. The molecule has 1 saturated heterocycles. The summed E-state index contributed by atoms with van der Waals surface area (Å²) in [6.45, 7) is 30.8. The molecule has 0 radical (unpaired) electrons. The second kappa shape index (κ2) is 48.7. The van der Waals surface area contributed by atoms with Gasteiger partial charge in [-0.25, -0.2) is 0 Å². The molecule has 0 aromatic rings. The number of carbonyl (C=O) groups excluding carboxylic acids is 12. The number of likely N-dealkylation sites (N-methyl/N-ethyl adjacent to an activating group) is 7. The second-order valence-corrected chi connectivity index (χ2v) is 31.6. The molecule has 608 valence electrons. The monoisotopic (exact) mass is 1500 g/mol. The lowest BCUT2D eigenvalue weighted by Crippen LogP contribution is -2.70. The van der Waals surface area contributed by atoms with E-state index in [1.807, 2.05) is 67.5 Å². The number of hydrogen-bond donors (Lipinski definition) is 5. The van der Waals surface area contributed by atoms with E-state index < -0.39 is 161 Å². The number of aliphatic hydroxyl groups is 1. The van der Waals surface area contributed by atoms with Crippen LogP contribution in [0, 0.1) is 41.4 Å². The average molecular weight is 1510 g/mol. The first kappa shape index (κ1) is 97.3. The maximum absolute atomic E-state index is 16.3. The van der Waals surface area contributed by atoms with E-state index in [9.17, 15) is 43.5 Å². The highest BCUT2D eigenvalue weighted by atomic mass is 16.6. The molecule has 25 heteroatoms. The number of ether oxygens (including phenoxy) is 1. The summed E-state index contributed by atoms with van der Waals surface area (Å²) >= 11 is 0. The fourth-order valence-electron chi connectivity index (χ4n) is 13.0. The lowest BCUT2D eigenvalue weighted by Gasteiger charge is -2.47. The van der Waals surface area contributed by atoms with Crippen LogP contribution >= 0.6 is 0 Å². The Kier molecular flexibility index (Phi) is 44.2. The van der Waals surface area contributed by atoms with E-state index in [1.54, 1.807) is 60.6 Å². The van der Waals surface area contributed by atoms with Gasteiger partial charge in [0.05, 0.1) is 12.6 Å². The summed E-state index contributed by atoms with van der Waals surface area (Å²) in [6.07, 6.45) is 26.5. The first-order valence-corrected chi connectivity index (χ1v) is 39.2. The van der Waals surface area contributed by atoms with Gasteiger partial charge in [-0.1, -0.05) is 177 Å². The normalized spacial score (nSPS) is 24.8. The van der Waals surface area contributed by atoms with Gasteiger partial charge in [-0.05, 0) is 140 Å². The average Bonchev–Trinajstić information content (AvgIpc) is 0.751. The number of rotatable bonds is 30. The largest absolute Gasteiger partial charge is 0.429 e. The number of aliphatic hydroxyl groups excluding tert-OH is 1. The van der Waals surface area contributed by atoms with E-state index >= 15 is 19.2 Å². The summed E-state index contributed by atoms with van der Waals surface area (Å²) in [7, 11) is 9.50. The van der Waals surface area contributed by atoms with Gasteiger partial charge in [0.15, 0.2) is 0 Å². The van der Waals surface area contributed by atoms with Crippen molar-refractivity contribution in [3.05, 3.63) is 60.8 Å². The maximum Gasteiger partial charge on any atom is 0.308 e. The van der Waals surface area contributed by atoms with E-state index in [-0.39, 0.29) is 75.0 Å².